The van der Waals surface area contributed by atoms with Crippen LogP contribution in [0, 0.1) is 0 Å². The van der Waals surface area contributed by atoms with Gasteiger partial charge in [-0.05, 0) is 43.2 Å². The second-order valence-corrected chi connectivity index (χ2v) is 5.94. The van der Waals surface area contributed by atoms with E-state index in [9.17, 15) is 4.79 Å². The Morgan fingerprint density at radius 2 is 2.00 bits per heavy atom. The average Bonchev–Trinajstić information content (AvgIpc) is 3.22. The zero-order valence-corrected chi connectivity index (χ0v) is 14.9. The quantitative estimate of drug-likeness (QED) is 0.595. The maximum atomic E-state index is 11.7. The molecule has 3 rings (SSSR count). The Labute approximate surface area is 147 Å². The van der Waals surface area contributed by atoms with Crippen LogP contribution in [-0.2, 0) is 24.8 Å². The van der Waals surface area contributed by atoms with E-state index in [1.807, 2.05) is 19.3 Å². The van der Waals surface area contributed by atoms with Crippen molar-refractivity contribution in [3.63, 3.8) is 0 Å². The summed E-state index contributed by atoms with van der Waals surface area (Å²) in [6.07, 6.45) is 4.19. The molecule has 0 N–H and O–H groups in total. The molecule has 0 spiro atoms. The molecule has 0 amide bonds. The normalized spacial score (nSPS) is 11.0. The van der Waals surface area contributed by atoms with Gasteiger partial charge >= 0.3 is 5.97 Å². The Kier molecular flexibility index (Phi) is 5.12. The van der Waals surface area contributed by atoms with Crippen LogP contribution in [0.15, 0.2) is 40.9 Å². The molecule has 5 heteroatoms. The molecule has 132 valence electrons. The summed E-state index contributed by atoms with van der Waals surface area (Å²) in [7, 11) is 2.01. The lowest BCUT2D eigenvalue weighted by Gasteiger charge is -2.10. The zero-order valence-electron chi connectivity index (χ0n) is 14.9. The predicted octanol–water partition coefficient (Wildman–Crippen LogP) is 4.48. The number of hydrogen-bond donors (Lipinski definition) is 0. The number of furan rings is 1. The van der Waals surface area contributed by atoms with Gasteiger partial charge < -0.3 is 18.5 Å². The van der Waals surface area contributed by atoms with Crippen LogP contribution in [0.4, 0.5) is 0 Å². The summed E-state index contributed by atoms with van der Waals surface area (Å²) in [5, 5.41) is 1.22. The molecule has 2 heterocycles. The van der Waals surface area contributed by atoms with E-state index in [-0.39, 0.29) is 12.4 Å². The van der Waals surface area contributed by atoms with E-state index < -0.39 is 5.97 Å². The highest BCUT2D eigenvalue weighted by Gasteiger charge is 2.14. The van der Waals surface area contributed by atoms with Crippen LogP contribution in [0.5, 0.6) is 5.75 Å². The van der Waals surface area contributed by atoms with Crippen molar-refractivity contribution in [3.8, 4) is 5.75 Å². The van der Waals surface area contributed by atoms with E-state index >= 15 is 0 Å². The number of carbonyl (C=O) groups excluding carboxylic acids is 1. The molecule has 3 aromatic rings. The lowest BCUT2D eigenvalue weighted by atomic mass is 10.1. The van der Waals surface area contributed by atoms with Crippen molar-refractivity contribution in [3.05, 3.63) is 53.6 Å². The Bertz CT molecular complexity index is 875. The number of carbonyl (C=O) groups is 1. The standard InChI is InChI=1S/C20H23NO4/c1-4-6-14-7-9-17(19-16(14)11-12-21(19)3)24-13-15-8-10-18(25-15)20(22)23-5-2/h7-12H,4-6,13H2,1-3H3. The summed E-state index contributed by atoms with van der Waals surface area (Å²) in [6.45, 7) is 4.52. The Morgan fingerprint density at radius 3 is 2.76 bits per heavy atom. The Hall–Kier alpha value is -2.69. The van der Waals surface area contributed by atoms with Gasteiger partial charge in [-0.1, -0.05) is 19.4 Å². The summed E-state index contributed by atoms with van der Waals surface area (Å²) >= 11 is 0. The topological polar surface area (TPSA) is 53.6 Å². The minimum Gasteiger partial charge on any atom is -0.483 e. The lowest BCUT2D eigenvalue weighted by Crippen LogP contribution is -2.03. The van der Waals surface area contributed by atoms with Gasteiger partial charge in [-0.3, -0.25) is 0 Å². The van der Waals surface area contributed by atoms with Gasteiger partial charge in [0, 0.05) is 18.6 Å². The average molecular weight is 341 g/mol. The number of hydrogen-bond acceptors (Lipinski definition) is 4. The summed E-state index contributed by atoms with van der Waals surface area (Å²) in [5.74, 6) is 1.13. The third-order valence-electron chi connectivity index (χ3n) is 4.12. The molecule has 0 bridgehead atoms. The van der Waals surface area contributed by atoms with Crippen LogP contribution in [-0.4, -0.2) is 17.1 Å². The molecule has 2 aromatic heterocycles. The predicted molar refractivity (Wildman–Crippen MR) is 95.9 cm³/mol. The fourth-order valence-corrected chi connectivity index (χ4v) is 2.96. The molecular weight excluding hydrogens is 318 g/mol. The SMILES string of the molecule is CCCc1ccc(OCc2ccc(C(=O)OCC)o2)c2c1ccn2C. The van der Waals surface area contributed by atoms with Gasteiger partial charge in [-0.25, -0.2) is 4.79 Å². The van der Waals surface area contributed by atoms with Crippen LogP contribution < -0.4 is 4.74 Å². The van der Waals surface area contributed by atoms with Gasteiger partial charge in [0.2, 0.25) is 5.76 Å². The molecule has 0 saturated carbocycles. The number of benzene rings is 1. The van der Waals surface area contributed by atoms with Crippen molar-refractivity contribution < 1.29 is 18.7 Å². The van der Waals surface area contributed by atoms with Crippen molar-refractivity contribution in [2.75, 3.05) is 6.61 Å². The molecule has 25 heavy (non-hydrogen) atoms. The number of rotatable bonds is 7. The van der Waals surface area contributed by atoms with Crippen molar-refractivity contribution in [1.82, 2.24) is 4.57 Å². The molecule has 0 aliphatic rings. The first-order chi connectivity index (χ1) is 12.1. The maximum absolute atomic E-state index is 11.7. The van der Waals surface area contributed by atoms with Gasteiger partial charge in [-0.15, -0.1) is 0 Å². The molecule has 0 aliphatic carbocycles. The molecular formula is C20H23NO4. The van der Waals surface area contributed by atoms with Gasteiger partial charge in [0.05, 0.1) is 12.1 Å². The van der Waals surface area contributed by atoms with E-state index in [2.05, 4.69) is 23.6 Å². The van der Waals surface area contributed by atoms with Crippen molar-refractivity contribution in [1.29, 1.82) is 0 Å². The van der Waals surface area contributed by atoms with E-state index in [1.54, 1.807) is 19.1 Å². The Morgan fingerprint density at radius 1 is 1.16 bits per heavy atom. The monoisotopic (exact) mass is 341 g/mol. The number of ether oxygens (including phenoxy) is 2. The molecule has 0 atom stereocenters. The number of aryl methyl sites for hydroxylation is 2. The van der Waals surface area contributed by atoms with Crippen molar-refractivity contribution in [2.45, 2.75) is 33.3 Å². The molecule has 0 fully saturated rings. The van der Waals surface area contributed by atoms with Crippen LogP contribution >= 0.6 is 0 Å². The molecule has 0 saturated heterocycles. The smallest absolute Gasteiger partial charge is 0.374 e. The lowest BCUT2D eigenvalue weighted by molar-refractivity contribution is 0.0486. The van der Waals surface area contributed by atoms with Gasteiger partial charge in [0.25, 0.3) is 0 Å². The number of fused-ring (bicyclic) bond motifs is 1. The van der Waals surface area contributed by atoms with E-state index in [0.29, 0.717) is 12.4 Å². The number of esters is 1. The summed E-state index contributed by atoms with van der Waals surface area (Å²) in [6, 6.07) is 9.59. The van der Waals surface area contributed by atoms with Gasteiger partial charge in [0.15, 0.2) is 0 Å². The highest BCUT2D eigenvalue weighted by Crippen LogP contribution is 2.30. The first kappa shape index (κ1) is 17.1. The second-order valence-electron chi connectivity index (χ2n) is 5.94. The molecule has 0 radical (unpaired) electrons. The zero-order chi connectivity index (χ0) is 17.8. The number of aromatic nitrogens is 1. The van der Waals surface area contributed by atoms with Crippen LogP contribution in [0.2, 0.25) is 0 Å². The van der Waals surface area contributed by atoms with Crippen LogP contribution in [0.25, 0.3) is 10.9 Å². The minimum atomic E-state index is -0.456. The van der Waals surface area contributed by atoms with Crippen LogP contribution in [0.3, 0.4) is 0 Å². The minimum absolute atomic E-state index is 0.197. The first-order valence-electron chi connectivity index (χ1n) is 8.59. The third-order valence-corrected chi connectivity index (χ3v) is 4.12. The van der Waals surface area contributed by atoms with Crippen molar-refractivity contribution >= 4 is 16.9 Å². The van der Waals surface area contributed by atoms with E-state index in [1.165, 1.54) is 10.9 Å². The van der Waals surface area contributed by atoms with Crippen LogP contribution in [0.1, 0.15) is 42.1 Å². The fourth-order valence-electron chi connectivity index (χ4n) is 2.96. The van der Waals surface area contributed by atoms with E-state index in [4.69, 9.17) is 13.9 Å². The molecule has 1 aromatic carbocycles. The molecule has 0 aliphatic heterocycles. The summed E-state index contributed by atoms with van der Waals surface area (Å²) in [5.41, 5.74) is 2.40. The largest absolute Gasteiger partial charge is 0.483 e. The Balaban J connectivity index is 1.79. The third kappa shape index (κ3) is 3.55. The summed E-state index contributed by atoms with van der Waals surface area (Å²) in [4.78, 5) is 11.7. The second kappa shape index (κ2) is 7.47. The molecule has 5 nitrogen and oxygen atoms in total. The molecule has 0 unspecified atom stereocenters. The number of nitrogens with zero attached hydrogens (tertiary/aromatic N) is 1. The van der Waals surface area contributed by atoms with Gasteiger partial charge in [-0.2, -0.15) is 0 Å². The highest BCUT2D eigenvalue weighted by atomic mass is 16.5. The van der Waals surface area contributed by atoms with E-state index in [0.717, 1.165) is 24.1 Å². The maximum Gasteiger partial charge on any atom is 0.374 e. The fraction of sp³-hybridized carbons (Fsp3) is 0.350. The van der Waals surface area contributed by atoms with Crippen molar-refractivity contribution in [2.24, 2.45) is 7.05 Å². The van der Waals surface area contributed by atoms with Gasteiger partial charge in [0.1, 0.15) is 18.1 Å². The first-order valence-corrected chi connectivity index (χ1v) is 8.59. The highest BCUT2D eigenvalue weighted by molar-refractivity contribution is 5.89. The summed E-state index contributed by atoms with van der Waals surface area (Å²) < 4.78 is 18.5.